The van der Waals surface area contributed by atoms with Gasteiger partial charge in [-0.1, -0.05) is 6.07 Å². The number of rotatable bonds is 5. The first-order valence-electron chi connectivity index (χ1n) is 11.6. The first-order valence-corrected chi connectivity index (χ1v) is 11.6. The SMILES string of the molecule is O=C(Nc1ccc(C(=O)c2ccc3ncc(N4CCOCC4)nc3c2)c(F)c1)c1cccc(C(F)(F)F)c1. The molecule has 1 aromatic heterocycles. The Kier molecular flexibility index (Phi) is 6.77. The summed E-state index contributed by atoms with van der Waals surface area (Å²) in [5.74, 6) is -1.69. The quantitative estimate of drug-likeness (QED) is 0.289. The summed E-state index contributed by atoms with van der Waals surface area (Å²) in [6.07, 6.45) is -2.95. The highest BCUT2D eigenvalue weighted by atomic mass is 19.4. The second kappa shape index (κ2) is 10.2. The lowest BCUT2D eigenvalue weighted by molar-refractivity contribution is -0.137. The van der Waals surface area contributed by atoms with Crippen LogP contribution in [0.2, 0.25) is 0 Å². The molecular weight excluding hydrogens is 504 g/mol. The molecule has 5 rings (SSSR count). The van der Waals surface area contributed by atoms with Crippen LogP contribution in [0.5, 0.6) is 0 Å². The smallest absolute Gasteiger partial charge is 0.378 e. The van der Waals surface area contributed by atoms with Crippen LogP contribution >= 0.6 is 0 Å². The Labute approximate surface area is 214 Å². The van der Waals surface area contributed by atoms with Crippen molar-refractivity contribution < 1.29 is 31.9 Å². The van der Waals surface area contributed by atoms with Crippen molar-refractivity contribution >= 4 is 34.2 Å². The topological polar surface area (TPSA) is 84.4 Å². The molecule has 7 nitrogen and oxygen atoms in total. The molecule has 2 heterocycles. The highest BCUT2D eigenvalue weighted by molar-refractivity contribution is 6.11. The van der Waals surface area contributed by atoms with Crippen LogP contribution in [0.25, 0.3) is 11.0 Å². The molecule has 0 unspecified atom stereocenters. The van der Waals surface area contributed by atoms with Gasteiger partial charge in [0.2, 0.25) is 0 Å². The van der Waals surface area contributed by atoms with E-state index in [2.05, 4.69) is 15.3 Å². The van der Waals surface area contributed by atoms with Crippen LogP contribution < -0.4 is 10.2 Å². The van der Waals surface area contributed by atoms with Gasteiger partial charge in [0.1, 0.15) is 11.6 Å². The van der Waals surface area contributed by atoms with Crippen LogP contribution in [0, 0.1) is 5.82 Å². The van der Waals surface area contributed by atoms with Crippen molar-refractivity contribution in [3.05, 3.63) is 94.9 Å². The van der Waals surface area contributed by atoms with Crippen LogP contribution in [0.3, 0.4) is 0 Å². The Hall–Kier alpha value is -4.38. The second-order valence-corrected chi connectivity index (χ2v) is 8.59. The number of aromatic nitrogens is 2. The maximum atomic E-state index is 14.9. The van der Waals surface area contributed by atoms with Gasteiger partial charge >= 0.3 is 6.18 Å². The zero-order valence-corrected chi connectivity index (χ0v) is 19.8. The molecule has 0 bridgehead atoms. The van der Waals surface area contributed by atoms with Crippen molar-refractivity contribution in [1.82, 2.24) is 9.97 Å². The number of carbonyl (C=O) groups excluding carboxylic acids is 2. The largest absolute Gasteiger partial charge is 0.416 e. The predicted molar refractivity (Wildman–Crippen MR) is 132 cm³/mol. The Morgan fingerprint density at radius 3 is 2.45 bits per heavy atom. The molecule has 1 fully saturated rings. The Bertz CT molecular complexity index is 1530. The lowest BCUT2D eigenvalue weighted by Gasteiger charge is -2.27. The number of carbonyl (C=O) groups is 2. The summed E-state index contributed by atoms with van der Waals surface area (Å²) in [5, 5.41) is 2.36. The third kappa shape index (κ3) is 5.32. The molecule has 38 heavy (non-hydrogen) atoms. The van der Waals surface area contributed by atoms with E-state index in [0.29, 0.717) is 49.2 Å². The Balaban J connectivity index is 1.35. The average Bonchev–Trinajstić information content (AvgIpc) is 2.92. The van der Waals surface area contributed by atoms with Crippen LogP contribution in [0.4, 0.5) is 29.1 Å². The molecule has 1 aliphatic heterocycles. The number of hydrogen-bond acceptors (Lipinski definition) is 6. The van der Waals surface area contributed by atoms with E-state index in [-0.39, 0.29) is 22.4 Å². The van der Waals surface area contributed by atoms with Crippen molar-refractivity contribution in [3.8, 4) is 0 Å². The Morgan fingerprint density at radius 2 is 1.71 bits per heavy atom. The zero-order valence-electron chi connectivity index (χ0n) is 19.8. The zero-order chi connectivity index (χ0) is 26.9. The molecule has 0 radical (unpaired) electrons. The van der Waals surface area contributed by atoms with Crippen molar-refractivity contribution in [2.24, 2.45) is 0 Å². The standard InChI is InChI=1S/C27H20F4N4O3/c28-21-14-19(33-26(37)17-2-1-3-18(12-17)27(29,30)31)5-6-20(21)25(36)16-4-7-22-23(13-16)34-24(15-32-22)35-8-10-38-11-9-35/h1-7,12-15H,8-11H2,(H,33,37). The van der Waals surface area contributed by atoms with Gasteiger partial charge < -0.3 is 15.0 Å². The summed E-state index contributed by atoms with van der Waals surface area (Å²) in [5.41, 5.74) is -0.217. The monoisotopic (exact) mass is 524 g/mol. The van der Waals surface area contributed by atoms with Crippen molar-refractivity contribution in [2.45, 2.75) is 6.18 Å². The first kappa shape index (κ1) is 25.3. The van der Waals surface area contributed by atoms with Gasteiger partial charge in [-0.2, -0.15) is 13.2 Å². The molecule has 1 aliphatic rings. The normalized spacial score (nSPS) is 13.9. The maximum Gasteiger partial charge on any atom is 0.416 e. The molecule has 1 saturated heterocycles. The number of halogens is 4. The van der Waals surface area contributed by atoms with Crippen LogP contribution in [0.1, 0.15) is 31.8 Å². The Morgan fingerprint density at radius 1 is 0.921 bits per heavy atom. The third-order valence-electron chi connectivity index (χ3n) is 6.05. The van der Waals surface area contributed by atoms with Crippen LogP contribution in [0.15, 0.2) is 66.9 Å². The summed E-state index contributed by atoms with van der Waals surface area (Å²) in [4.78, 5) is 36.5. The van der Waals surface area contributed by atoms with Gasteiger partial charge in [-0.3, -0.25) is 14.6 Å². The van der Waals surface area contributed by atoms with Gasteiger partial charge in [-0.25, -0.2) is 9.37 Å². The number of ether oxygens (including phenoxy) is 1. The number of ketones is 1. The molecular formula is C27H20F4N4O3. The van der Waals surface area contributed by atoms with Crippen LogP contribution in [-0.2, 0) is 10.9 Å². The van der Waals surface area contributed by atoms with E-state index in [1.807, 2.05) is 4.90 Å². The number of amides is 1. The van der Waals surface area contributed by atoms with Gasteiger partial charge in [-0.05, 0) is 54.6 Å². The average molecular weight is 524 g/mol. The molecule has 0 spiro atoms. The molecule has 194 valence electrons. The molecule has 0 atom stereocenters. The molecule has 3 aromatic carbocycles. The summed E-state index contributed by atoms with van der Waals surface area (Å²) in [6.45, 7) is 2.49. The maximum absolute atomic E-state index is 14.9. The van der Waals surface area contributed by atoms with Crippen LogP contribution in [-0.4, -0.2) is 48.0 Å². The molecule has 4 aromatic rings. The van der Waals surface area contributed by atoms with E-state index in [9.17, 15) is 27.2 Å². The molecule has 0 aliphatic carbocycles. The number of benzene rings is 3. The summed E-state index contributed by atoms with van der Waals surface area (Å²) >= 11 is 0. The lowest BCUT2D eigenvalue weighted by atomic mass is 10.0. The molecule has 0 saturated carbocycles. The van der Waals surface area contributed by atoms with Gasteiger partial charge in [-0.15, -0.1) is 0 Å². The second-order valence-electron chi connectivity index (χ2n) is 8.59. The van der Waals surface area contributed by atoms with E-state index in [1.54, 1.807) is 12.3 Å². The highest BCUT2D eigenvalue weighted by Crippen LogP contribution is 2.30. The van der Waals surface area contributed by atoms with Gasteiger partial charge in [0.05, 0.1) is 41.6 Å². The lowest BCUT2D eigenvalue weighted by Crippen LogP contribution is -2.36. The van der Waals surface area contributed by atoms with Gasteiger partial charge in [0.15, 0.2) is 5.78 Å². The number of nitrogens with zero attached hydrogens (tertiary/aromatic N) is 3. The highest BCUT2D eigenvalue weighted by Gasteiger charge is 2.31. The van der Waals surface area contributed by atoms with Crippen molar-refractivity contribution in [1.29, 1.82) is 0 Å². The molecule has 1 N–H and O–H groups in total. The van der Waals surface area contributed by atoms with E-state index in [4.69, 9.17) is 4.74 Å². The first-order chi connectivity index (χ1) is 18.2. The van der Waals surface area contributed by atoms with Crippen molar-refractivity contribution in [2.75, 3.05) is 36.5 Å². The van der Waals surface area contributed by atoms with Crippen molar-refractivity contribution in [3.63, 3.8) is 0 Å². The number of alkyl halides is 3. The number of hydrogen-bond donors (Lipinski definition) is 1. The fourth-order valence-electron chi connectivity index (χ4n) is 4.06. The number of fused-ring (bicyclic) bond motifs is 1. The summed E-state index contributed by atoms with van der Waals surface area (Å²) in [6, 6.07) is 12.0. The number of nitrogens with one attached hydrogen (secondary N) is 1. The predicted octanol–water partition coefficient (Wildman–Crippen LogP) is 5.11. The van der Waals surface area contributed by atoms with E-state index in [0.717, 1.165) is 18.2 Å². The van der Waals surface area contributed by atoms with Gasteiger partial charge in [0.25, 0.3) is 5.91 Å². The summed E-state index contributed by atoms with van der Waals surface area (Å²) in [7, 11) is 0. The summed E-state index contributed by atoms with van der Waals surface area (Å²) < 4.78 is 59.1. The fourth-order valence-corrected chi connectivity index (χ4v) is 4.06. The minimum atomic E-state index is -4.61. The fraction of sp³-hybridized carbons (Fsp3) is 0.185. The van der Waals surface area contributed by atoms with E-state index >= 15 is 0 Å². The molecule has 11 heteroatoms. The van der Waals surface area contributed by atoms with E-state index in [1.165, 1.54) is 30.3 Å². The number of morpholine rings is 1. The minimum absolute atomic E-state index is 0.0130. The number of anilines is 2. The third-order valence-corrected chi connectivity index (χ3v) is 6.05. The van der Waals surface area contributed by atoms with E-state index < -0.39 is 29.2 Å². The van der Waals surface area contributed by atoms with Gasteiger partial charge in [0, 0.05) is 29.9 Å². The molecule has 1 amide bonds. The minimum Gasteiger partial charge on any atom is -0.378 e.